The number of carbonyl (C=O) groups is 1. The minimum absolute atomic E-state index is 0.0894. The zero-order valence-electron chi connectivity index (χ0n) is 12.8. The summed E-state index contributed by atoms with van der Waals surface area (Å²) < 4.78 is 33.8. The van der Waals surface area contributed by atoms with Crippen LogP contribution in [0.1, 0.15) is 17.3 Å². The molecule has 0 aliphatic rings. The molecular weight excluding hydrogens is 360 g/mol. The second kappa shape index (κ2) is 7.89. The van der Waals surface area contributed by atoms with Crippen molar-refractivity contribution in [3.63, 3.8) is 0 Å². The number of carbonyl (C=O) groups excluding carboxylic acids is 1. The van der Waals surface area contributed by atoms with Crippen molar-refractivity contribution < 1.29 is 28.0 Å². The largest absolute Gasteiger partial charge is 0.475 e. The van der Waals surface area contributed by atoms with Gasteiger partial charge in [0.25, 0.3) is 0 Å². The van der Waals surface area contributed by atoms with Crippen molar-refractivity contribution in [2.24, 2.45) is 0 Å². The van der Waals surface area contributed by atoms with Gasteiger partial charge in [-0.05, 0) is 43.3 Å². The van der Waals surface area contributed by atoms with Crippen molar-refractivity contribution in [2.45, 2.75) is 19.6 Å². The molecular formula is C16H12ClF2NO5. The third-order valence-electron chi connectivity index (χ3n) is 3.15. The molecule has 0 saturated carbocycles. The van der Waals surface area contributed by atoms with E-state index in [-0.39, 0.29) is 27.8 Å². The monoisotopic (exact) mass is 371 g/mol. The van der Waals surface area contributed by atoms with E-state index >= 15 is 0 Å². The summed E-state index contributed by atoms with van der Waals surface area (Å²) in [6.07, 6.45) is -1.04. The van der Waals surface area contributed by atoms with Gasteiger partial charge < -0.3 is 9.47 Å². The highest BCUT2D eigenvalue weighted by Crippen LogP contribution is 2.31. The van der Waals surface area contributed by atoms with E-state index in [0.29, 0.717) is 0 Å². The summed E-state index contributed by atoms with van der Waals surface area (Å²) in [6.45, 7) is -1.54. The average Bonchev–Trinajstić information content (AvgIpc) is 2.55. The fourth-order valence-corrected chi connectivity index (χ4v) is 2.18. The first-order valence-electron chi connectivity index (χ1n) is 6.97. The molecule has 0 aromatic heterocycles. The Morgan fingerprint density at radius 3 is 2.36 bits per heavy atom. The maximum absolute atomic E-state index is 12.3. The molecule has 6 nitrogen and oxygen atoms in total. The van der Waals surface area contributed by atoms with Crippen LogP contribution < -0.4 is 9.47 Å². The Kier molecular flexibility index (Phi) is 5.87. The van der Waals surface area contributed by atoms with Crippen LogP contribution in [0.4, 0.5) is 14.5 Å². The lowest BCUT2D eigenvalue weighted by Crippen LogP contribution is -2.24. The Balaban J connectivity index is 2.14. The van der Waals surface area contributed by atoms with Gasteiger partial charge >= 0.3 is 12.3 Å². The smallest absolute Gasteiger partial charge is 0.387 e. The predicted molar refractivity (Wildman–Crippen MR) is 85.6 cm³/mol. The van der Waals surface area contributed by atoms with Crippen molar-refractivity contribution in [3.05, 3.63) is 63.2 Å². The van der Waals surface area contributed by atoms with Crippen LogP contribution in [0.5, 0.6) is 11.5 Å². The molecule has 132 valence electrons. The molecule has 9 heteroatoms. The van der Waals surface area contributed by atoms with Gasteiger partial charge in [-0.1, -0.05) is 11.6 Å². The first kappa shape index (κ1) is 18.6. The second-order valence-electron chi connectivity index (χ2n) is 4.90. The van der Waals surface area contributed by atoms with Gasteiger partial charge in [-0.2, -0.15) is 8.78 Å². The van der Waals surface area contributed by atoms with Gasteiger partial charge in [0.2, 0.25) is 5.78 Å². The van der Waals surface area contributed by atoms with E-state index in [9.17, 15) is 23.7 Å². The predicted octanol–water partition coefficient (Wildman–Crippen LogP) is 4.50. The van der Waals surface area contributed by atoms with E-state index < -0.39 is 23.4 Å². The lowest BCUT2D eigenvalue weighted by Gasteiger charge is -2.14. The van der Waals surface area contributed by atoms with Crippen molar-refractivity contribution in [2.75, 3.05) is 0 Å². The number of nitrogens with zero attached hydrogens (tertiary/aromatic N) is 1. The molecule has 0 spiro atoms. The SMILES string of the molecule is C[C@H](Oc1ccc(Cl)cc1[N+](=O)[O-])C(=O)c1ccc(OC(F)F)cc1. The third kappa shape index (κ3) is 4.87. The van der Waals surface area contributed by atoms with Crippen LogP contribution in [0.2, 0.25) is 5.02 Å². The van der Waals surface area contributed by atoms with Crippen LogP contribution in [0.3, 0.4) is 0 Å². The van der Waals surface area contributed by atoms with Gasteiger partial charge in [-0.15, -0.1) is 0 Å². The molecule has 0 radical (unpaired) electrons. The number of ketones is 1. The molecule has 0 aliphatic carbocycles. The van der Waals surface area contributed by atoms with Crippen LogP contribution in [0.15, 0.2) is 42.5 Å². The fraction of sp³-hybridized carbons (Fsp3) is 0.188. The van der Waals surface area contributed by atoms with E-state index in [2.05, 4.69) is 4.74 Å². The van der Waals surface area contributed by atoms with Gasteiger partial charge in [-0.25, -0.2) is 0 Å². The molecule has 0 bridgehead atoms. The Hall–Kier alpha value is -2.74. The Bertz CT molecular complexity index is 783. The summed E-state index contributed by atoms with van der Waals surface area (Å²) in [5.74, 6) is -0.672. The number of nitro groups is 1. The number of nitro benzene ring substituents is 1. The highest BCUT2D eigenvalue weighted by atomic mass is 35.5. The summed E-state index contributed by atoms with van der Waals surface area (Å²) >= 11 is 5.71. The molecule has 2 rings (SSSR count). The van der Waals surface area contributed by atoms with Gasteiger partial charge in [0.15, 0.2) is 11.9 Å². The van der Waals surface area contributed by atoms with Crippen LogP contribution in [0, 0.1) is 10.1 Å². The van der Waals surface area contributed by atoms with Crippen molar-refractivity contribution in [1.29, 1.82) is 0 Å². The van der Waals surface area contributed by atoms with Crippen molar-refractivity contribution in [1.82, 2.24) is 0 Å². The summed E-state index contributed by atoms with van der Waals surface area (Å²) in [5.41, 5.74) is -0.182. The molecule has 0 N–H and O–H groups in total. The number of ether oxygens (including phenoxy) is 2. The highest BCUT2D eigenvalue weighted by molar-refractivity contribution is 6.30. The maximum Gasteiger partial charge on any atom is 0.387 e. The number of halogens is 3. The number of alkyl halides is 2. The van der Waals surface area contributed by atoms with Gasteiger partial charge in [0, 0.05) is 16.7 Å². The number of hydrogen-bond acceptors (Lipinski definition) is 5. The Morgan fingerprint density at radius 1 is 1.16 bits per heavy atom. The van der Waals surface area contributed by atoms with E-state index in [1.807, 2.05) is 0 Å². The van der Waals surface area contributed by atoms with E-state index in [0.717, 1.165) is 6.07 Å². The zero-order valence-corrected chi connectivity index (χ0v) is 13.6. The first-order valence-corrected chi connectivity index (χ1v) is 7.35. The third-order valence-corrected chi connectivity index (χ3v) is 3.39. The van der Waals surface area contributed by atoms with E-state index in [1.54, 1.807) is 0 Å². The molecule has 1 atom stereocenters. The number of benzene rings is 2. The number of hydrogen-bond donors (Lipinski definition) is 0. The Morgan fingerprint density at radius 2 is 1.80 bits per heavy atom. The lowest BCUT2D eigenvalue weighted by molar-refractivity contribution is -0.386. The summed E-state index contributed by atoms with van der Waals surface area (Å²) in [7, 11) is 0. The molecule has 0 aliphatic heterocycles. The van der Waals surface area contributed by atoms with E-state index in [1.165, 1.54) is 43.3 Å². The van der Waals surface area contributed by atoms with Crippen LogP contribution in [-0.4, -0.2) is 23.4 Å². The molecule has 0 saturated heterocycles. The minimum atomic E-state index is -2.96. The van der Waals surface area contributed by atoms with Crippen molar-refractivity contribution in [3.8, 4) is 11.5 Å². The van der Waals surface area contributed by atoms with Crippen LogP contribution >= 0.6 is 11.6 Å². The molecule has 2 aromatic rings. The molecule has 0 heterocycles. The molecule has 2 aromatic carbocycles. The summed E-state index contributed by atoms with van der Waals surface area (Å²) in [4.78, 5) is 22.7. The van der Waals surface area contributed by atoms with Gasteiger partial charge in [0.05, 0.1) is 4.92 Å². The maximum atomic E-state index is 12.3. The second-order valence-corrected chi connectivity index (χ2v) is 5.33. The standard InChI is InChI=1S/C16H12ClF2NO5/c1-9(24-14-7-4-11(17)8-13(14)20(22)23)15(21)10-2-5-12(6-3-10)25-16(18)19/h2-9,16H,1H3/t9-/m0/s1. The zero-order chi connectivity index (χ0) is 18.6. The highest BCUT2D eigenvalue weighted by Gasteiger charge is 2.22. The average molecular weight is 372 g/mol. The topological polar surface area (TPSA) is 78.7 Å². The molecule has 0 fully saturated rings. The molecule has 0 amide bonds. The normalized spacial score (nSPS) is 11.9. The Labute approximate surface area is 146 Å². The van der Waals surface area contributed by atoms with Crippen LogP contribution in [0.25, 0.3) is 0 Å². The fourth-order valence-electron chi connectivity index (χ4n) is 2.01. The quantitative estimate of drug-likeness (QED) is 0.407. The summed E-state index contributed by atoms with van der Waals surface area (Å²) in [5, 5.41) is 11.2. The number of Topliss-reactive ketones (excluding diaryl/α,β-unsaturated/α-hetero) is 1. The van der Waals surface area contributed by atoms with Crippen LogP contribution in [-0.2, 0) is 0 Å². The first-order chi connectivity index (χ1) is 11.8. The van der Waals surface area contributed by atoms with Gasteiger partial charge in [0.1, 0.15) is 5.75 Å². The minimum Gasteiger partial charge on any atom is -0.475 e. The van der Waals surface area contributed by atoms with E-state index in [4.69, 9.17) is 16.3 Å². The summed E-state index contributed by atoms with van der Waals surface area (Å²) in [6, 6.07) is 8.85. The van der Waals surface area contributed by atoms with Gasteiger partial charge in [-0.3, -0.25) is 14.9 Å². The molecule has 25 heavy (non-hydrogen) atoms. The van der Waals surface area contributed by atoms with Crippen molar-refractivity contribution >= 4 is 23.1 Å². The lowest BCUT2D eigenvalue weighted by atomic mass is 10.1. The number of rotatable bonds is 7. The molecule has 0 unspecified atom stereocenters.